The second-order valence-electron chi connectivity index (χ2n) is 4.74. The van der Waals surface area contributed by atoms with Gasteiger partial charge in [0.1, 0.15) is 12.4 Å². The van der Waals surface area contributed by atoms with Gasteiger partial charge in [-0.3, -0.25) is 4.79 Å². The van der Waals surface area contributed by atoms with Crippen LogP contribution in [0.25, 0.3) is 0 Å². The number of ether oxygens (including phenoxy) is 4. The van der Waals surface area contributed by atoms with Crippen molar-refractivity contribution >= 4 is 5.97 Å². The Morgan fingerprint density at radius 1 is 1.25 bits per heavy atom. The van der Waals surface area contributed by atoms with Crippen molar-refractivity contribution in [3.63, 3.8) is 0 Å². The summed E-state index contributed by atoms with van der Waals surface area (Å²) >= 11 is 0. The molecule has 0 spiro atoms. The summed E-state index contributed by atoms with van der Waals surface area (Å²) in [4.78, 5) is 11.7. The van der Waals surface area contributed by atoms with E-state index in [9.17, 15) is 4.79 Å². The van der Waals surface area contributed by atoms with E-state index >= 15 is 0 Å². The van der Waals surface area contributed by atoms with E-state index in [1.165, 1.54) is 7.11 Å². The molecule has 1 fully saturated rings. The third kappa shape index (κ3) is 3.71. The predicted octanol–water partition coefficient (Wildman–Crippen LogP) is 1.66. The van der Waals surface area contributed by atoms with Crippen molar-refractivity contribution in [2.75, 3.05) is 27.4 Å². The fourth-order valence-electron chi connectivity index (χ4n) is 2.36. The van der Waals surface area contributed by atoms with E-state index in [4.69, 9.17) is 18.9 Å². The van der Waals surface area contributed by atoms with Gasteiger partial charge in [-0.05, 0) is 18.6 Å². The zero-order valence-electron chi connectivity index (χ0n) is 11.8. The maximum atomic E-state index is 11.7. The third-order valence-corrected chi connectivity index (χ3v) is 3.35. The third-order valence-electron chi connectivity index (χ3n) is 3.35. The van der Waals surface area contributed by atoms with Crippen LogP contribution in [0.5, 0.6) is 5.75 Å². The zero-order valence-corrected chi connectivity index (χ0v) is 11.8. The Hall–Kier alpha value is -1.59. The van der Waals surface area contributed by atoms with E-state index in [0.29, 0.717) is 19.6 Å². The van der Waals surface area contributed by atoms with Crippen molar-refractivity contribution in [3.8, 4) is 5.75 Å². The highest BCUT2D eigenvalue weighted by Crippen LogP contribution is 2.28. The van der Waals surface area contributed by atoms with Crippen LogP contribution >= 0.6 is 0 Å². The van der Waals surface area contributed by atoms with Crippen LogP contribution in [-0.2, 0) is 19.0 Å². The van der Waals surface area contributed by atoms with Gasteiger partial charge in [-0.25, -0.2) is 0 Å². The number of para-hydroxylation sites is 1. The van der Waals surface area contributed by atoms with Crippen molar-refractivity contribution in [2.24, 2.45) is 5.92 Å². The van der Waals surface area contributed by atoms with Crippen molar-refractivity contribution in [3.05, 3.63) is 30.3 Å². The Balaban J connectivity index is 1.89. The molecule has 20 heavy (non-hydrogen) atoms. The van der Waals surface area contributed by atoms with Crippen LogP contribution in [0.15, 0.2) is 30.3 Å². The molecule has 0 unspecified atom stereocenters. The van der Waals surface area contributed by atoms with Crippen LogP contribution in [-0.4, -0.2) is 45.6 Å². The normalized spacial score (nSPS) is 25.4. The van der Waals surface area contributed by atoms with Crippen LogP contribution in [0.3, 0.4) is 0 Å². The number of carbonyl (C=O) groups excluding carboxylic acids is 1. The minimum atomic E-state index is -0.288. The smallest absolute Gasteiger partial charge is 0.311 e. The molecule has 0 bridgehead atoms. The van der Waals surface area contributed by atoms with Crippen molar-refractivity contribution in [2.45, 2.75) is 18.6 Å². The molecular formula is C15H20O5. The summed E-state index contributed by atoms with van der Waals surface area (Å²) in [6.45, 7) is 0.791. The molecule has 3 atom stereocenters. The first-order chi connectivity index (χ1) is 9.74. The topological polar surface area (TPSA) is 54.0 Å². The highest BCUT2D eigenvalue weighted by atomic mass is 16.6. The van der Waals surface area contributed by atoms with E-state index in [-0.39, 0.29) is 24.1 Å². The lowest BCUT2D eigenvalue weighted by Gasteiger charge is -2.15. The van der Waals surface area contributed by atoms with E-state index in [2.05, 4.69) is 0 Å². The van der Waals surface area contributed by atoms with Gasteiger partial charge in [0.2, 0.25) is 0 Å². The maximum absolute atomic E-state index is 11.7. The van der Waals surface area contributed by atoms with Gasteiger partial charge in [0.05, 0.1) is 31.8 Å². The van der Waals surface area contributed by atoms with Gasteiger partial charge in [-0.2, -0.15) is 0 Å². The summed E-state index contributed by atoms with van der Waals surface area (Å²) in [5, 5.41) is 0. The van der Waals surface area contributed by atoms with Crippen LogP contribution in [0.4, 0.5) is 0 Å². The Kier molecular flexibility index (Phi) is 5.38. The first-order valence-electron chi connectivity index (χ1n) is 6.64. The van der Waals surface area contributed by atoms with Crippen LogP contribution in [0.1, 0.15) is 6.42 Å². The van der Waals surface area contributed by atoms with Gasteiger partial charge in [0.25, 0.3) is 0 Å². The second kappa shape index (κ2) is 7.26. The van der Waals surface area contributed by atoms with Gasteiger partial charge in [0.15, 0.2) is 0 Å². The molecule has 0 aromatic heterocycles. The molecule has 0 aliphatic carbocycles. The Morgan fingerprint density at radius 2 is 2.00 bits per heavy atom. The summed E-state index contributed by atoms with van der Waals surface area (Å²) in [5.41, 5.74) is 0. The minimum Gasteiger partial charge on any atom is -0.491 e. The lowest BCUT2D eigenvalue weighted by molar-refractivity contribution is -0.148. The Bertz CT molecular complexity index is 420. The molecule has 5 nitrogen and oxygen atoms in total. The van der Waals surface area contributed by atoms with Gasteiger partial charge >= 0.3 is 5.97 Å². The Labute approximate surface area is 118 Å². The van der Waals surface area contributed by atoms with Gasteiger partial charge < -0.3 is 18.9 Å². The fourth-order valence-corrected chi connectivity index (χ4v) is 2.36. The number of benzene rings is 1. The largest absolute Gasteiger partial charge is 0.491 e. The monoisotopic (exact) mass is 280 g/mol. The quantitative estimate of drug-likeness (QED) is 0.742. The maximum Gasteiger partial charge on any atom is 0.311 e. The molecule has 0 radical (unpaired) electrons. The molecule has 0 amide bonds. The van der Waals surface area contributed by atoms with E-state index in [1.54, 1.807) is 7.11 Å². The van der Waals surface area contributed by atoms with Gasteiger partial charge in [-0.1, -0.05) is 18.2 Å². The summed E-state index contributed by atoms with van der Waals surface area (Å²) in [7, 11) is 2.98. The molecule has 1 aromatic carbocycles. The van der Waals surface area contributed by atoms with Crippen LogP contribution in [0.2, 0.25) is 0 Å². The lowest BCUT2D eigenvalue weighted by atomic mass is 10.00. The fraction of sp³-hybridized carbons (Fsp3) is 0.533. The van der Waals surface area contributed by atoms with Crippen molar-refractivity contribution in [1.82, 2.24) is 0 Å². The first-order valence-corrected chi connectivity index (χ1v) is 6.64. The number of hydrogen-bond donors (Lipinski definition) is 0. The molecule has 5 heteroatoms. The first kappa shape index (κ1) is 14.8. The molecule has 0 N–H and O–H groups in total. The van der Waals surface area contributed by atoms with E-state index in [1.807, 2.05) is 30.3 Å². The van der Waals surface area contributed by atoms with E-state index < -0.39 is 0 Å². The minimum absolute atomic E-state index is 0.126. The van der Waals surface area contributed by atoms with Crippen molar-refractivity contribution < 1.29 is 23.7 Å². The average Bonchev–Trinajstić information content (AvgIpc) is 2.89. The molecule has 110 valence electrons. The predicted molar refractivity (Wildman–Crippen MR) is 72.6 cm³/mol. The average molecular weight is 280 g/mol. The molecule has 0 saturated carbocycles. The second-order valence-corrected chi connectivity index (χ2v) is 4.74. The Morgan fingerprint density at radius 3 is 2.65 bits per heavy atom. The molecule has 1 heterocycles. The molecule has 1 aromatic rings. The SMILES string of the molecule is COC[C@H]1O[C@@H](COc2ccccc2)C[C@H]1C(=O)OC. The van der Waals surface area contributed by atoms with Crippen LogP contribution in [0, 0.1) is 5.92 Å². The zero-order chi connectivity index (χ0) is 14.4. The number of esters is 1. The summed E-state index contributed by atoms with van der Waals surface area (Å²) in [6.07, 6.45) is 0.198. The molecule has 2 rings (SSSR count). The standard InChI is InChI=1S/C15H20O5/c1-17-10-14-13(15(16)18-2)8-12(20-14)9-19-11-6-4-3-5-7-11/h3-7,12-14H,8-10H2,1-2H3/t12-,13-,14-/m1/s1. The molecule has 1 aliphatic rings. The highest BCUT2D eigenvalue weighted by Gasteiger charge is 2.40. The number of methoxy groups -OCH3 is 2. The van der Waals surface area contributed by atoms with Gasteiger partial charge in [-0.15, -0.1) is 0 Å². The van der Waals surface area contributed by atoms with E-state index in [0.717, 1.165) is 5.75 Å². The van der Waals surface area contributed by atoms with Crippen LogP contribution < -0.4 is 4.74 Å². The van der Waals surface area contributed by atoms with Gasteiger partial charge in [0, 0.05) is 7.11 Å². The number of rotatable bonds is 6. The summed E-state index contributed by atoms with van der Waals surface area (Å²) in [6, 6.07) is 9.53. The summed E-state index contributed by atoms with van der Waals surface area (Å²) < 4.78 is 21.4. The highest BCUT2D eigenvalue weighted by molar-refractivity contribution is 5.73. The molecule has 1 aliphatic heterocycles. The van der Waals surface area contributed by atoms with Crippen molar-refractivity contribution in [1.29, 1.82) is 0 Å². The lowest BCUT2D eigenvalue weighted by Crippen LogP contribution is -2.29. The summed E-state index contributed by atoms with van der Waals surface area (Å²) in [5.74, 6) is 0.250. The molecule has 1 saturated heterocycles. The number of carbonyl (C=O) groups is 1. The number of hydrogen-bond acceptors (Lipinski definition) is 5. The molecular weight excluding hydrogens is 260 g/mol.